The lowest BCUT2D eigenvalue weighted by atomic mass is 9.85. The zero-order chi connectivity index (χ0) is 13.5. The van der Waals surface area contributed by atoms with E-state index in [1.807, 2.05) is 0 Å². The first-order valence-electron chi connectivity index (χ1n) is 7.51. The second kappa shape index (κ2) is 4.97. The number of hydrogen-bond donors (Lipinski definition) is 1. The predicted molar refractivity (Wildman–Crippen MR) is 83.5 cm³/mol. The molecule has 2 aliphatic heterocycles. The van der Waals surface area contributed by atoms with Crippen molar-refractivity contribution in [2.45, 2.75) is 32.2 Å². The number of thiophene rings is 1. The first-order valence-corrected chi connectivity index (χ1v) is 8.32. The van der Waals surface area contributed by atoms with Crippen LogP contribution in [0, 0.1) is 12.8 Å². The van der Waals surface area contributed by atoms with Gasteiger partial charge in [-0.2, -0.15) is 0 Å². The highest BCUT2D eigenvalue weighted by Crippen LogP contribution is 2.33. The highest BCUT2D eigenvalue weighted by molar-refractivity contribution is 7.18. The maximum atomic E-state index is 4.58. The summed E-state index contributed by atoms with van der Waals surface area (Å²) in [6.07, 6.45) is 5.62. The van der Waals surface area contributed by atoms with Gasteiger partial charge in [-0.1, -0.05) is 0 Å². The van der Waals surface area contributed by atoms with Crippen molar-refractivity contribution in [2.75, 3.05) is 24.5 Å². The molecule has 2 saturated heterocycles. The Hall–Kier alpha value is -1.20. The molecule has 20 heavy (non-hydrogen) atoms. The van der Waals surface area contributed by atoms with Gasteiger partial charge in [-0.3, -0.25) is 0 Å². The van der Waals surface area contributed by atoms with Gasteiger partial charge in [-0.15, -0.1) is 11.3 Å². The van der Waals surface area contributed by atoms with Crippen LogP contribution in [0.1, 0.15) is 24.1 Å². The molecule has 4 heterocycles. The summed E-state index contributed by atoms with van der Waals surface area (Å²) < 4.78 is 0. The zero-order valence-electron chi connectivity index (χ0n) is 11.8. The number of fused-ring (bicyclic) bond motifs is 2. The van der Waals surface area contributed by atoms with Crippen LogP contribution in [-0.4, -0.2) is 35.6 Å². The van der Waals surface area contributed by atoms with Crippen LogP contribution in [0.5, 0.6) is 0 Å². The minimum absolute atomic E-state index is 0.724. The third-order valence-corrected chi connectivity index (χ3v) is 5.58. The van der Waals surface area contributed by atoms with Gasteiger partial charge in [0.1, 0.15) is 17.0 Å². The van der Waals surface area contributed by atoms with Crippen molar-refractivity contribution in [3.05, 3.63) is 17.3 Å². The van der Waals surface area contributed by atoms with Crippen LogP contribution in [0.4, 0.5) is 5.82 Å². The summed E-state index contributed by atoms with van der Waals surface area (Å²) in [5.74, 6) is 1.92. The highest BCUT2D eigenvalue weighted by Gasteiger charge is 2.32. The Morgan fingerprint density at radius 2 is 2.30 bits per heavy atom. The molecule has 0 aromatic carbocycles. The normalized spacial score (nSPS) is 26.8. The number of rotatable bonds is 1. The Bertz CT molecular complexity index is 623. The number of aromatic nitrogens is 2. The molecule has 5 heteroatoms. The van der Waals surface area contributed by atoms with Crippen molar-refractivity contribution in [3.8, 4) is 0 Å². The predicted octanol–water partition coefficient (Wildman–Crippen LogP) is 2.58. The summed E-state index contributed by atoms with van der Waals surface area (Å²) in [7, 11) is 0. The number of aryl methyl sites for hydroxylation is 1. The first-order chi connectivity index (χ1) is 9.81. The Morgan fingerprint density at radius 3 is 3.25 bits per heavy atom. The van der Waals surface area contributed by atoms with E-state index in [-0.39, 0.29) is 0 Å². The Balaban J connectivity index is 1.66. The van der Waals surface area contributed by atoms with E-state index < -0.39 is 0 Å². The van der Waals surface area contributed by atoms with Crippen LogP contribution in [0.2, 0.25) is 0 Å². The van der Waals surface area contributed by atoms with Crippen LogP contribution < -0.4 is 10.2 Å². The fourth-order valence-corrected chi connectivity index (χ4v) is 4.49. The van der Waals surface area contributed by atoms with Gasteiger partial charge in [-0.05, 0) is 44.7 Å². The van der Waals surface area contributed by atoms with E-state index in [0.717, 1.165) is 35.7 Å². The van der Waals surface area contributed by atoms with Crippen LogP contribution >= 0.6 is 11.3 Å². The van der Waals surface area contributed by atoms with E-state index in [9.17, 15) is 0 Å². The molecule has 2 atom stereocenters. The molecule has 2 aromatic heterocycles. The van der Waals surface area contributed by atoms with Crippen molar-refractivity contribution < 1.29 is 0 Å². The molecule has 4 rings (SSSR count). The quantitative estimate of drug-likeness (QED) is 0.875. The molecule has 0 saturated carbocycles. The van der Waals surface area contributed by atoms with E-state index >= 15 is 0 Å². The van der Waals surface area contributed by atoms with Crippen molar-refractivity contribution in [1.82, 2.24) is 15.3 Å². The number of hydrogen-bond acceptors (Lipinski definition) is 5. The van der Waals surface area contributed by atoms with Gasteiger partial charge in [0.05, 0.1) is 5.39 Å². The third-order valence-electron chi connectivity index (χ3n) is 4.62. The smallest absolute Gasteiger partial charge is 0.140 e. The van der Waals surface area contributed by atoms with Crippen molar-refractivity contribution >= 4 is 27.4 Å². The van der Waals surface area contributed by atoms with Gasteiger partial charge in [-0.25, -0.2) is 9.97 Å². The average molecular weight is 288 g/mol. The summed E-state index contributed by atoms with van der Waals surface area (Å²) >= 11 is 1.76. The van der Waals surface area contributed by atoms with E-state index in [4.69, 9.17) is 0 Å². The van der Waals surface area contributed by atoms with Gasteiger partial charge in [0.15, 0.2) is 0 Å². The van der Waals surface area contributed by atoms with Crippen LogP contribution in [-0.2, 0) is 0 Å². The van der Waals surface area contributed by atoms with Crippen molar-refractivity contribution in [1.29, 1.82) is 0 Å². The monoisotopic (exact) mass is 288 g/mol. The maximum absolute atomic E-state index is 4.58. The summed E-state index contributed by atoms with van der Waals surface area (Å²) in [5, 5.41) is 4.91. The van der Waals surface area contributed by atoms with E-state index in [1.54, 1.807) is 17.7 Å². The van der Waals surface area contributed by atoms with Gasteiger partial charge in [0.2, 0.25) is 0 Å². The average Bonchev–Trinajstić information content (AvgIpc) is 2.86. The molecule has 0 radical (unpaired) electrons. The maximum Gasteiger partial charge on any atom is 0.140 e. The molecule has 2 aromatic rings. The second-order valence-corrected chi connectivity index (χ2v) is 7.21. The molecule has 4 nitrogen and oxygen atoms in total. The lowest BCUT2D eigenvalue weighted by Gasteiger charge is -2.42. The molecule has 2 aliphatic rings. The van der Waals surface area contributed by atoms with Gasteiger partial charge < -0.3 is 10.2 Å². The number of nitrogens with zero attached hydrogens (tertiary/aromatic N) is 3. The molecule has 106 valence electrons. The van der Waals surface area contributed by atoms with E-state index in [1.165, 1.54) is 36.1 Å². The second-order valence-electron chi connectivity index (χ2n) is 5.97. The summed E-state index contributed by atoms with van der Waals surface area (Å²) in [6, 6.07) is 2.96. The van der Waals surface area contributed by atoms with E-state index in [2.05, 4.69) is 33.2 Å². The Kier molecular flexibility index (Phi) is 3.11. The lowest BCUT2D eigenvalue weighted by molar-refractivity contribution is 0.244. The molecule has 1 N–H and O–H groups in total. The fraction of sp³-hybridized carbons (Fsp3) is 0.600. The Labute approximate surface area is 123 Å². The Morgan fingerprint density at radius 1 is 1.35 bits per heavy atom. The summed E-state index contributed by atoms with van der Waals surface area (Å²) in [6.45, 7) is 5.59. The molecule has 0 aliphatic carbocycles. The molecule has 0 spiro atoms. The molecule has 2 unspecified atom stereocenters. The number of nitrogens with one attached hydrogen (secondary N) is 1. The van der Waals surface area contributed by atoms with Crippen LogP contribution in [0.3, 0.4) is 0 Å². The van der Waals surface area contributed by atoms with Crippen LogP contribution in [0.15, 0.2) is 12.4 Å². The molecule has 2 fully saturated rings. The largest absolute Gasteiger partial charge is 0.356 e. The summed E-state index contributed by atoms with van der Waals surface area (Å²) in [4.78, 5) is 13.9. The summed E-state index contributed by atoms with van der Waals surface area (Å²) in [5.41, 5.74) is 0. The number of anilines is 1. The minimum atomic E-state index is 0.724. The molecule has 0 amide bonds. The molecular weight excluding hydrogens is 268 g/mol. The first kappa shape index (κ1) is 12.5. The SMILES string of the molecule is Cc1cc2c(N3CCC4NCCCC4C3)ncnc2s1. The van der Waals surface area contributed by atoms with Crippen molar-refractivity contribution in [3.63, 3.8) is 0 Å². The zero-order valence-corrected chi connectivity index (χ0v) is 12.6. The molecule has 0 bridgehead atoms. The van der Waals surface area contributed by atoms with E-state index in [0.29, 0.717) is 0 Å². The lowest BCUT2D eigenvalue weighted by Crippen LogP contribution is -2.52. The van der Waals surface area contributed by atoms with Gasteiger partial charge in [0.25, 0.3) is 0 Å². The highest BCUT2D eigenvalue weighted by atomic mass is 32.1. The minimum Gasteiger partial charge on any atom is -0.356 e. The number of piperidine rings is 2. The standard InChI is InChI=1S/C15H20N4S/c1-10-7-12-14(17-9-18-15(12)20-10)19-6-4-13-11(8-19)3-2-5-16-13/h7,9,11,13,16H,2-6,8H2,1H3. The van der Waals surface area contributed by atoms with Crippen LogP contribution in [0.25, 0.3) is 10.2 Å². The third kappa shape index (κ3) is 2.09. The topological polar surface area (TPSA) is 41.0 Å². The van der Waals surface area contributed by atoms with Crippen molar-refractivity contribution in [2.24, 2.45) is 5.92 Å². The molecular formula is C15H20N4S. The fourth-order valence-electron chi connectivity index (χ4n) is 3.65. The van der Waals surface area contributed by atoms with Gasteiger partial charge >= 0.3 is 0 Å². The van der Waals surface area contributed by atoms with Gasteiger partial charge in [0, 0.05) is 24.0 Å².